The molecule has 1 aliphatic heterocycles. The molecule has 0 aliphatic carbocycles. The highest BCUT2D eigenvalue weighted by molar-refractivity contribution is 6.92. The molecule has 1 saturated heterocycles. The predicted octanol–water partition coefficient (Wildman–Crippen LogP) is 3.11. The second-order valence-corrected chi connectivity index (χ2v) is 4.94. The van der Waals surface area contributed by atoms with Crippen LogP contribution in [-0.2, 0) is 0 Å². The van der Waals surface area contributed by atoms with Crippen LogP contribution in [0.5, 0.6) is 0 Å². The summed E-state index contributed by atoms with van der Waals surface area (Å²) in [6.45, 7) is -6.76. The largest absolute Gasteiger partial charge is 0.365 e. The lowest BCUT2D eigenvalue weighted by Gasteiger charge is -2.48. The minimum Gasteiger partial charge on any atom is -0.348 e. The van der Waals surface area contributed by atoms with Gasteiger partial charge >= 0.3 is 20.9 Å². The molecule has 132 valence electrons. The van der Waals surface area contributed by atoms with Crippen LogP contribution in [0.3, 0.4) is 0 Å². The average molecular weight is 363 g/mol. The Balaban J connectivity index is 3.58. The van der Waals surface area contributed by atoms with Crippen molar-refractivity contribution in [3.8, 4) is 0 Å². The van der Waals surface area contributed by atoms with Crippen molar-refractivity contribution >= 4 is 20.9 Å². The first-order valence-electron chi connectivity index (χ1n) is 6.21. The highest BCUT2D eigenvalue weighted by Gasteiger charge is 2.56. The van der Waals surface area contributed by atoms with Crippen LogP contribution in [0, 0.1) is 0 Å². The first kappa shape index (κ1) is 20.7. The van der Waals surface area contributed by atoms with Gasteiger partial charge in [-0.05, 0) is 21.1 Å². The Morgan fingerprint density at radius 1 is 0.458 bits per heavy atom. The highest BCUT2D eigenvalue weighted by atomic mass is 19.3. The van der Waals surface area contributed by atoms with Gasteiger partial charge in [-0.25, -0.2) is 13.2 Å². The number of hydrogen-bond donors (Lipinski definition) is 0. The predicted molar refractivity (Wildman–Crippen MR) is 71.6 cm³/mol. The standard InChI is InChI=1S/C9H9B3F9N3/c1-22-10(4(13)7(16)17)23(2)12(6(15)9(20)21)24(3)11(22)5(14)8(18)19/h1-3H3. The van der Waals surface area contributed by atoms with E-state index in [9.17, 15) is 39.5 Å². The molecule has 24 heavy (non-hydrogen) atoms. The maximum absolute atomic E-state index is 13.7. The molecule has 1 rings (SSSR count). The van der Waals surface area contributed by atoms with Crippen molar-refractivity contribution in [1.82, 2.24) is 14.2 Å². The molecule has 3 nitrogen and oxygen atoms in total. The summed E-state index contributed by atoms with van der Waals surface area (Å²) in [4.78, 5) is 0. The van der Waals surface area contributed by atoms with Crippen molar-refractivity contribution in [3.63, 3.8) is 0 Å². The van der Waals surface area contributed by atoms with Crippen LogP contribution in [0.1, 0.15) is 0 Å². The molecular weight excluding hydrogens is 354 g/mol. The van der Waals surface area contributed by atoms with Gasteiger partial charge in [0.15, 0.2) is 17.2 Å². The van der Waals surface area contributed by atoms with E-state index in [-0.39, 0.29) is 0 Å². The Labute approximate surface area is 132 Å². The Kier molecular flexibility index (Phi) is 6.64. The van der Waals surface area contributed by atoms with Crippen molar-refractivity contribution < 1.29 is 39.5 Å². The molecule has 0 amide bonds. The maximum atomic E-state index is 13.7. The summed E-state index contributed by atoms with van der Waals surface area (Å²) in [6, 6.07) is 0. The molecule has 15 heteroatoms. The molecule has 0 unspecified atom stereocenters. The van der Waals surface area contributed by atoms with Crippen LogP contribution in [0.4, 0.5) is 39.5 Å². The van der Waals surface area contributed by atoms with E-state index in [4.69, 9.17) is 0 Å². The fourth-order valence-corrected chi connectivity index (χ4v) is 2.63. The topological polar surface area (TPSA) is 9.72 Å². The third kappa shape index (κ3) is 3.67. The summed E-state index contributed by atoms with van der Waals surface area (Å²) >= 11 is 0. The summed E-state index contributed by atoms with van der Waals surface area (Å²) in [6.07, 6.45) is -8.64. The smallest absolute Gasteiger partial charge is 0.348 e. The van der Waals surface area contributed by atoms with E-state index in [0.717, 1.165) is 21.1 Å². The lowest BCUT2D eigenvalue weighted by atomic mass is 9.42. The van der Waals surface area contributed by atoms with E-state index in [1.807, 2.05) is 0 Å². The zero-order valence-corrected chi connectivity index (χ0v) is 12.5. The monoisotopic (exact) mass is 363 g/mol. The van der Waals surface area contributed by atoms with Gasteiger partial charge in [-0.3, -0.25) is 0 Å². The van der Waals surface area contributed by atoms with Gasteiger partial charge in [0.1, 0.15) is 0 Å². The molecule has 0 atom stereocenters. The Bertz CT molecular complexity index is 493. The zero-order valence-electron chi connectivity index (χ0n) is 12.5. The van der Waals surface area contributed by atoms with Crippen LogP contribution >= 0.6 is 0 Å². The van der Waals surface area contributed by atoms with Gasteiger partial charge in [-0.1, -0.05) is 0 Å². The lowest BCUT2D eigenvalue weighted by Crippen LogP contribution is -2.75. The Hall–Kier alpha value is -1.34. The second-order valence-electron chi connectivity index (χ2n) is 4.94. The van der Waals surface area contributed by atoms with E-state index in [1.54, 1.807) is 0 Å². The summed E-state index contributed by atoms with van der Waals surface area (Å²) in [5.41, 5.74) is -6.62. The first-order valence-corrected chi connectivity index (χ1v) is 6.21. The van der Waals surface area contributed by atoms with E-state index < -0.39 is 56.4 Å². The highest BCUT2D eigenvalue weighted by Crippen LogP contribution is 2.31. The van der Waals surface area contributed by atoms with Gasteiger partial charge in [0.25, 0.3) is 18.2 Å². The molecule has 1 fully saturated rings. The molecule has 0 saturated carbocycles. The fraction of sp³-hybridized carbons (Fsp3) is 0.333. The average Bonchev–Trinajstić information content (AvgIpc) is 2.46. The van der Waals surface area contributed by atoms with Gasteiger partial charge in [-0.2, -0.15) is 26.3 Å². The van der Waals surface area contributed by atoms with Crippen molar-refractivity contribution in [2.24, 2.45) is 0 Å². The number of hydrogen-bond acceptors (Lipinski definition) is 3. The van der Waals surface area contributed by atoms with Crippen molar-refractivity contribution in [2.45, 2.75) is 0 Å². The van der Waals surface area contributed by atoms with Crippen LogP contribution in [-0.4, -0.2) is 56.3 Å². The van der Waals surface area contributed by atoms with Crippen molar-refractivity contribution in [1.29, 1.82) is 0 Å². The van der Waals surface area contributed by atoms with Gasteiger partial charge in [-0.15, -0.1) is 0 Å². The van der Waals surface area contributed by atoms with Crippen molar-refractivity contribution in [3.05, 3.63) is 35.4 Å². The van der Waals surface area contributed by atoms with Crippen LogP contribution in [0.15, 0.2) is 35.4 Å². The van der Waals surface area contributed by atoms with E-state index in [1.165, 1.54) is 0 Å². The summed E-state index contributed by atoms with van der Waals surface area (Å²) in [5.74, 6) is 0. The molecule has 0 N–H and O–H groups in total. The molecule has 0 aromatic rings. The third-order valence-corrected chi connectivity index (χ3v) is 3.54. The molecule has 0 bridgehead atoms. The van der Waals surface area contributed by atoms with E-state index in [2.05, 4.69) is 0 Å². The first-order chi connectivity index (χ1) is 10.9. The van der Waals surface area contributed by atoms with Gasteiger partial charge < -0.3 is 14.2 Å². The molecule has 0 aromatic heterocycles. The Morgan fingerprint density at radius 2 is 0.625 bits per heavy atom. The molecule has 1 aliphatic rings. The van der Waals surface area contributed by atoms with Gasteiger partial charge in [0.05, 0.1) is 0 Å². The summed E-state index contributed by atoms with van der Waals surface area (Å²) < 4.78 is 118. The quantitative estimate of drug-likeness (QED) is 0.564. The molecule has 1 heterocycles. The van der Waals surface area contributed by atoms with Crippen LogP contribution in [0.2, 0.25) is 0 Å². The molecular formula is C9H9B3F9N3. The number of halogens is 9. The minimum absolute atomic E-state index is 0.392. The second kappa shape index (κ2) is 7.70. The summed E-state index contributed by atoms with van der Waals surface area (Å²) in [7, 11) is 2.41. The van der Waals surface area contributed by atoms with Crippen LogP contribution < -0.4 is 0 Å². The molecule has 0 spiro atoms. The minimum atomic E-state index is -2.88. The molecule has 0 aromatic carbocycles. The lowest BCUT2D eigenvalue weighted by molar-refractivity contribution is 0.371. The SMILES string of the molecule is CN1B(C(F)=C(F)F)N(C)B(C(F)=C(F)F)N(C)B1C(F)=C(F)F. The van der Waals surface area contributed by atoms with E-state index in [0.29, 0.717) is 14.2 Å². The fourth-order valence-electron chi connectivity index (χ4n) is 2.63. The van der Waals surface area contributed by atoms with Crippen molar-refractivity contribution in [2.75, 3.05) is 21.1 Å². The third-order valence-electron chi connectivity index (χ3n) is 3.54. The number of rotatable bonds is 3. The molecule has 0 radical (unpaired) electrons. The van der Waals surface area contributed by atoms with E-state index >= 15 is 0 Å². The van der Waals surface area contributed by atoms with Crippen LogP contribution in [0.25, 0.3) is 0 Å². The number of nitrogens with zero attached hydrogens (tertiary/aromatic N) is 3. The van der Waals surface area contributed by atoms with Gasteiger partial charge in [0.2, 0.25) is 0 Å². The summed E-state index contributed by atoms with van der Waals surface area (Å²) in [5, 5.41) is 0. The Morgan fingerprint density at radius 3 is 0.750 bits per heavy atom. The normalized spacial score (nSPS) is 17.2. The maximum Gasteiger partial charge on any atom is 0.365 e. The van der Waals surface area contributed by atoms with Gasteiger partial charge in [0, 0.05) is 0 Å². The zero-order chi connectivity index (χ0) is 18.9.